The van der Waals surface area contributed by atoms with Gasteiger partial charge in [0.1, 0.15) is 0 Å². The molecule has 0 radical (unpaired) electrons. The molecule has 1 aromatic rings. The molecule has 0 saturated carbocycles. The van der Waals surface area contributed by atoms with Gasteiger partial charge in [0.05, 0.1) is 18.5 Å². The van der Waals surface area contributed by atoms with E-state index in [4.69, 9.17) is 10.6 Å². The van der Waals surface area contributed by atoms with Gasteiger partial charge in [0.15, 0.2) is 5.75 Å². The average molecular weight is 240 g/mol. The quantitative estimate of drug-likeness (QED) is 0.320. The molecule has 3 N–H and O–H groups in total. The fourth-order valence-corrected chi connectivity index (χ4v) is 1.43. The van der Waals surface area contributed by atoms with Crippen LogP contribution in [0.15, 0.2) is 12.4 Å². The number of nitrogens with two attached hydrogens (primary N) is 1. The molecule has 0 saturated heterocycles. The van der Waals surface area contributed by atoms with E-state index in [9.17, 15) is 4.79 Å². The lowest BCUT2D eigenvalue weighted by Crippen LogP contribution is -2.29. The summed E-state index contributed by atoms with van der Waals surface area (Å²) in [7, 11) is 0. The molecule has 1 aromatic heterocycles. The molecular formula is C11H20N4O2. The van der Waals surface area contributed by atoms with Crippen LogP contribution in [0.5, 0.6) is 5.75 Å². The van der Waals surface area contributed by atoms with Crippen LogP contribution in [0.4, 0.5) is 0 Å². The third kappa shape index (κ3) is 5.35. The van der Waals surface area contributed by atoms with E-state index < -0.39 is 0 Å². The Morgan fingerprint density at radius 2 is 2.35 bits per heavy atom. The Morgan fingerprint density at radius 1 is 1.59 bits per heavy atom. The second kappa shape index (κ2) is 6.90. The molecular weight excluding hydrogens is 220 g/mol. The van der Waals surface area contributed by atoms with Gasteiger partial charge in [-0.2, -0.15) is 5.10 Å². The summed E-state index contributed by atoms with van der Waals surface area (Å²) >= 11 is 0. The molecule has 96 valence electrons. The van der Waals surface area contributed by atoms with Crippen molar-refractivity contribution in [2.24, 2.45) is 5.84 Å². The lowest BCUT2D eigenvalue weighted by Gasteiger charge is -2.05. The number of carbonyl (C=O) groups excluding carboxylic acids is 1. The van der Waals surface area contributed by atoms with Crippen LogP contribution in [-0.4, -0.2) is 21.8 Å². The van der Waals surface area contributed by atoms with Gasteiger partial charge in [-0.05, 0) is 26.7 Å². The Kier molecular flexibility index (Phi) is 5.48. The molecule has 0 unspecified atom stereocenters. The van der Waals surface area contributed by atoms with Gasteiger partial charge in [-0.3, -0.25) is 14.9 Å². The normalized spacial score (nSPS) is 10.6. The number of hydrazine groups is 1. The van der Waals surface area contributed by atoms with Gasteiger partial charge < -0.3 is 4.74 Å². The van der Waals surface area contributed by atoms with E-state index in [1.807, 2.05) is 24.7 Å². The standard InChI is InChI=1S/C11H20N4O2/c1-9(2)17-10-7-13-15(8-10)6-4-3-5-11(16)14-12/h7-9H,3-6,12H2,1-2H3,(H,14,16). The lowest BCUT2D eigenvalue weighted by molar-refractivity contribution is -0.121. The van der Waals surface area contributed by atoms with E-state index in [1.54, 1.807) is 6.20 Å². The van der Waals surface area contributed by atoms with E-state index >= 15 is 0 Å². The van der Waals surface area contributed by atoms with Gasteiger partial charge in [-0.15, -0.1) is 0 Å². The van der Waals surface area contributed by atoms with Gasteiger partial charge in [0, 0.05) is 13.0 Å². The van der Waals surface area contributed by atoms with E-state index in [-0.39, 0.29) is 12.0 Å². The fraction of sp³-hybridized carbons (Fsp3) is 0.636. The number of aryl methyl sites for hydroxylation is 1. The highest BCUT2D eigenvalue weighted by Gasteiger charge is 2.02. The molecule has 0 atom stereocenters. The highest BCUT2D eigenvalue weighted by Crippen LogP contribution is 2.11. The van der Waals surface area contributed by atoms with Crippen molar-refractivity contribution < 1.29 is 9.53 Å². The van der Waals surface area contributed by atoms with Crippen LogP contribution in [0.2, 0.25) is 0 Å². The summed E-state index contributed by atoms with van der Waals surface area (Å²) in [6, 6.07) is 0. The number of hydrogen-bond acceptors (Lipinski definition) is 4. The number of carbonyl (C=O) groups is 1. The Labute approximate surface area is 101 Å². The number of nitrogens with one attached hydrogen (secondary N) is 1. The van der Waals surface area contributed by atoms with Crippen molar-refractivity contribution in [1.29, 1.82) is 0 Å². The highest BCUT2D eigenvalue weighted by molar-refractivity contribution is 5.74. The largest absolute Gasteiger partial charge is 0.488 e. The van der Waals surface area contributed by atoms with Gasteiger partial charge in [0.25, 0.3) is 0 Å². The predicted octanol–water partition coefficient (Wildman–Crippen LogP) is 0.831. The average Bonchev–Trinajstić information content (AvgIpc) is 2.70. The number of aromatic nitrogens is 2. The Balaban J connectivity index is 2.23. The van der Waals surface area contributed by atoms with E-state index in [0.29, 0.717) is 6.42 Å². The van der Waals surface area contributed by atoms with E-state index in [0.717, 1.165) is 25.1 Å². The van der Waals surface area contributed by atoms with Gasteiger partial charge in [-0.25, -0.2) is 5.84 Å². The van der Waals surface area contributed by atoms with E-state index in [2.05, 4.69) is 10.5 Å². The third-order valence-corrected chi connectivity index (χ3v) is 2.18. The minimum atomic E-state index is -0.130. The van der Waals surface area contributed by atoms with E-state index in [1.165, 1.54) is 0 Å². The van der Waals surface area contributed by atoms with Crippen molar-refractivity contribution in [3.8, 4) is 5.75 Å². The summed E-state index contributed by atoms with van der Waals surface area (Å²) in [6.07, 6.45) is 5.85. The van der Waals surface area contributed by atoms with Crippen LogP contribution in [0.3, 0.4) is 0 Å². The zero-order valence-electron chi connectivity index (χ0n) is 10.3. The topological polar surface area (TPSA) is 82.2 Å². The maximum Gasteiger partial charge on any atom is 0.233 e. The molecule has 0 aliphatic carbocycles. The molecule has 0 aromatic carbocycles. The molecule has 0 aliphatic rings. The van der Waals surface area contributed by atoms with Crippen LogP contribution in [0.25, 0.3) is 0 Å². The first-order valence-corrected chi connectivity index (χ1v) is 5.80. The molecule has 6 nitrogen and oxygen atoms in total. The SMILES string of the molecule is CC(C)Oc1cnn(CCCCC(=O)NN)c1. The van der Waals surface area contributed by atoms with Crippen molar-refractivity contribution >= 4 is 5.91 Å². The van der Waals surface area contributed by atoms with Crippen LogP contribution in [0, 0.1) is 0 Å². The maximum absolute atomic E-state index is 10.9. The summed E-state index contributed by atoms with van der Waals surface area (Å²) in [5, 5.41) is 4.17. The van der Waals surface area contributed by atoms with Gasteiger partial charge in [-0.1, -0.05) is 0 Å². The number of ether oxygens (including phenoxy) is 1. The first-order valence-electron chi connectivity index (χ1n) is 5.80. The summed E-state index contributed by atoms with van der Waals surface area (Å²) < 4.78 is 7.31. The fourth-order valence-electron chi connectivity index (χ4n) is 1.43. The molecule has 17 heavy (non-hydrogen) atoms. The maximum atomic E-state index is 10.9. The van der Waals surface area contributed by atoms with Crippen LogP contribution < -0.4 is 16.0 Å². The zero-order chi connectivity index (χ0) is 12.7. The molecule has 0 aliphatic heterocycles. The number of hydrogen-bond donors (Lipinski definition) is 2. The number of rotatable bonds is 7. The highest BCUT2D eigenvalue weighted by atomic mass is 16.5. The smallest absolute Gasteiger partial charge is 0.233 e. The number of unbranched alkanes of at least 4 members (excludes halogenated alkanes) is 1. The minimum absolute atomic E-state index is 0.130. The molecule has 1 rings (SSSR count). The summed E-state index contributed by atoms with van der Waals surface area (Å²) in [6.45, 7) is 4.73. The minimum Gasteiger partial charge on any atom is -0.488 e. The summed E-state index contributed by atoms with van der Waals surface area (Å²) in [5.41, 5.74) is 2.11. The van der Waals surface area contributed by atoms with Crippen molar-refractivity contribution in [2.75, 3.05) is 0 Å². The third-order valence-electron chi connectivity index (χ3n) is 2.18. The first-order chi connectivity index (χ1) is 8.11. The molecule has 6 heteroatoms. The van der Waals surface area contributed by atoms with Crippen LogP contribution >= 0.6 is 0 Å². The van der Waals surface area contributed by atoms with Crippen LogP contribution in [0.1, 0.15) is 33.1 Å². The first kappa shape index (κ1) is 13.5. The number of amides is 1. The molecule has 0 spiro atoms. The molecule has 1 amide bonds. The van der Waals surface area contributed by atoms with Crippen molar-refractivity contribution in [2.45, 2.75) is 45.8 Å². The number of nitrogens with zero attached hydrogens (tertiary/aromatic N) is 2. The van der Waals surface area contributed by atoms with Gasteiger partial charge in [0.2, 0.25) is 5.91 Å². The van der Waals surface area contributed by atoms with Crippen molar-refractivity contribution in [3.63, 3.8) is 0 Å². The molecule has 1 heterocycles. The molecule has 0 fully saturated rings. The van der Waals surface area contributed by atoms with Crippen LogP contribution in [-0.2, 0) is 11.3 Å². The van der Waals surface area contributed by atoms with Gasteiger partial charge >= 0.3 is 0 Å². The second-order valence-corrected chi connectivity index (χ2v) is 4.13. The predicted molar refractivity (Wildman–Crippen MR) is 64.2 cm³/mol. The monoisotopic (exact) mass is 240 g/mol. The molecule has 0 bridgehead atoms. The summed E-state index contributed by atoms with van der Waals surface area (Å²) in [5.74, 6) is 5.63. The van der Waals surface area contributed by atoms with Crippen molar-refractivity contribution in [3.05, 3.63) is 12.4 Å². The summed E-state index contributed by atoms with van der Waals surface area (Å²) in [4.78, 5) is 10.9. The Bertz CT molecular complexity index is 349. The zero-order valence-corrected chi connectivity index (χ0v) is 10.3. The van der Waals surface area contributed by atoms with Crippen molar-refractivity contribution in [1.82, 2.24) is 15.2 Å². The lowest BCUT2D eigenvalue weighted by atomic mass is 10.2. The Hall–Kier alpha value is -1.56. The second-order valence-electron chi connectivity index (χ2n) is 4.13. The Morgan fingerprint density at radius 3 is 3.00 bits per heavy atom.